The minimum absolute atomic E-state index is 0.773. The molecule has 0 aromatic rings. The van der Waals surface area contributed by atoms with Crippen LogP contribution in [0.4, 0.5) is 0 Å². The molecule has 0 aromatic carbocycles. The summed E-state index contributed by atoms with van der Waals surface area (Å²) in [6.07, 6.45) is -43.5. The summed E-state index contributed by atoms with van der Waals surface area (Å²) in [6.45, 7) is -4.04. The lowest BCUT2D eigenvalue weighted by Gasteiger charge is -2.51. The molecule has 8 N–H and O–H groups in total. The number of rotatable bonds is 28. The second-order valence-corrected chi connectivity index (χ2v) is 21.9. The van der Waals surface area contributed by atoms with Crippen LogP contribution in [-0.4, -0.2) is 279 Å². The standard InChI is InChI=1S/C30H52O40S6/c1-52-16-13(31)10(7-58-71(34,35)36)61-30(24(16)69-75(46,47)48)64-14-11(8-59-72(37,38)39)63-28(22(55-4)17(14)53-2)66-19-18(54-3)23(56-5)29(67-21(19)26(32)33)65-15-12(9-60-73(40,41)42)62-27(57-6)25(70-76(49,50)51)20(15)68-74(43,44)45/h10-25,27-31H,7-9H2,1-6H3,(H,32,33)(H,34,35,36)(H,37,38,39)(H,40,41,42)(H,43,44,45)(H,46,47,48)(H,49,50,51)/t10-,11-,12-,13-,14-,15-,16+,17+,18+,19+,20+,21-,22-,23-,24-,25-,27+,28+,29-,30+/m1/s1. The maximum absolute atomic E-state index is 13.1. The normalized spacial score (nSPS) is 37.4. The quantitative estimate of drug-likeness (QED) is 0.0338. The van der Waals surface area contributed by atoms with Gasteiger partial charge in [0.2, 0.25) is 0 Å². The Morgan fingerprint density at radius 2 is 0.684 bits per heavy atom. The third-order valence-electron chi connectivity index (χ3n) is 10.8. The number of hydrogen-bond donors (Lipinski definition) is 8. The monoisotopic (exact) mass is 1240 g/mol. The number of carbonyl (C=O) groups is 1. The van der Waals surface area contributed by atoms with Crippen LogP contribution in [0.15, 0.2) is 0 Å². The van der Waals surface area contributed by atoms with Crippen LogP contribution in [0.3, 0.4) is 0 Å². The van der Waals surface area contributed by atoms with Crippen LogP contribution >= 0.6 is 0 Å². The van der Waals surface area contributed by atoms with Gasteiger partial charge in [0, 0.05) is 42.7 Å². The van der Waals surface area contributed by atoms with E-state index in [1.807, 2.05) is 0 Å². The van der Waals surface area contributed by atoms with Gasteiger partial charge in [0.25, 0.3) is 0 Å². The van der Waals surface area contributed by atoms with Crippen molar-refractivity contribution in [2.45, 2.75) is 123 Å². The highest BCUT2D eigenvalue weighted by Gasteiger charge is 2.60. The summed E-state index contributed by atoms with van der Waals surface area (Å²) in [4.78, 5) is 13.1. The Morgan fingerprint density at radius 3 is 1.07 bits per heavy atom. The van der Waals surface area contributed by atoms with Crippen molar-refractivity contribution in [2.75, 3.05) is 62.5 Å². The summed E-state index contributed by atoms with van der Waals surface area (Å²) in [6, 6.07) is 0. The molecule has 4 saturated heterocycles. The van der Waals surface area contributed by atoms with Crippen molar-refractivity contribution in [3.8, 4) is 0 Å². The van der Waals surface area contributed by atoms with E-state index in [4.69, 9.17) is 66.1 Å². The van der Waals surface area contributed by atoms with Crippen molar-refractivity contribution in [1.29, 1.82) is 0 Å². The molecule has 0 aromatic heterocycles. The van der Waals surface area contributed by atoms with Gasteiger partial charge in [-0.1, -0.05) is 0 Å². The number of methoxy groups -OCH3 is 6. The number of hydrogen-bond acceptors (Lipinski definition) is 33. The van der Waals surface area contributed by atoms with Gasteiger partial charge in [-0.25, -0.2) is 29.9 Å². The molecule has 4 aliphatic rings. The number of ether oxygens (including phenoxy) is 13. The first kappa shape index (κ1) is 66.6. The van der Waals surface area contributed by atoms with Crippen molar-refractivity contribution < 1.29 is 180 Å². The molecule has 0 amide bonds. The van der Waals surface area contributed by atoms with Crippen LogP contribution in [0.25, 0.3) is 0 Å². The highest BCUT2D eigenvalue weighted by molar-refractivity contribution is 7.82. The van der Waals surface area contributed by atoms with Gasteiger partial charge in [-0.3, -0.25) is 27.3 Å². The van der Waals surface area contributed by atoms with Gasteiger partial charge in [-0.15, -0.1) is 0 Å². The molecule has 0 aliphatic carbocycles. The summed E-state index contributed by atoms with van der Waals surface area (Å²) in [5.74, 6) is -2.00. The van der Waals surface area contributed by atoms with Crippen LogP contribution in [0.1, 0.15) is 0 Å². The first-order valence-corrected chi connectivity index (χ1v) is 28.6. The molecular weight excluding hydrogens is 1190 g/mol. The first-order chi connectivity index (χ1) is 34.9. The largest absolute Gasteiger partial charge is 0.479 e. The molecule has 0 unspecified atom stereocenters. The molecule has 448 valence electrons. The zero-order chi connectivity index (χ0) is 57.7. The van der Waals surface area contributed by atoms with Crippen molar-refractivity contribution in [3.63, 3.8) is 0 Å². The Bertz CT molecular complexity index is 2600. The molecule has 20 atom stereocenters. The number of carboxylic acid groups (broad SMARTS) is 1. The molecule has 4 fully saturated rings. The van der Waals surface area contributed by atoms with E-state index in [9.17, 15) is 88.3 Å². The summed E-state index contributed by atoms with van der Waals surface area (Å²) in [5.41, 5.74) is 0. The van der Waals surface area contributed by atoms with Crippen LogP contribution < -0.4 is 0 Å². The SMILES string of the molecule is CO[C@H]1O[C@H](COS(=O)(=O)O)[C@@H](O[C@@H]2O[C@@H](C(=O)O)[C@@H](O[C@@H]3O[C@H](COS(=O)(=O)O)[C@@H](O[C@@H]4O[C@H](COS(=O)(=O)O)[C@@H](O)[C@H](OC)[C@H]4OS(=O)(=O)O)[C@H](OC)[C@H]3OC)[C@H](OC)[C@H]2OC)[C@H](OS(=O)(=O)O)[C@H]1OS(=O)(=O)O. The average molecular weight is 1250 g/mol. The lowest BCUT2D eigenvalue weighted by Crippen LogP contribution is -2.69. The lowest BCUT2D eigenvalue weighted by molar-refractivity contribution is -0.387. The number of aliphatic hydroxyl groups excluding tert-OH is 1. The van der Waals surface area contributed by atoms with Crippen molar-refractivity contribution in [2.24, 2.45) is 0 Å². The maximum Gasteiger partial charge on any atom is 0.397 e. The maximum atomic E-state index is 13.1. The third kappa shape index (κ3) is 18.9. The predicted octanol–water partition coefficient (Wildman–Crippen LogP) is -6.77. The van der Waals surface area contributed by atoms with Gasteiger partial charge in [0.1, 0.15) is 79.4 Å². The Morgan fingerprint density at radius 1 is 0.368 bits per heavy atom. The minimum Gasteiger partial charge on any atom is -0.479 e. The number of aliphatic carboxylic acids is 1. The number of aliphatic hydroxyl groups is 1. The van der Waals surface area contributed by atoms with Gasteiger partial charge in [-0.05, 0) is 0 Å². The Kier molecular flexibility index (Phi) is 23.5. The zero-order valence-corrected chi connectivity index (χ0v) is 44.2. The van der Waals surface area contributed by atoms with E-state index in [-0.39, 0.29) is 0 Å². The molecule has 0 saturated carbocycles. The summed E-state index contributed by atoms with van der Waals surface area (Å²) < 4.78 is 299. The van der Waals surface area contributed by atoms with Crippen molar-refractivity contribution >= 4 is 68.4 Å². The van der Waals surface area contributed by atoms with Gasteiger partial charge in [0.15, 0.2) is 43.5 Å². The second-order valence-electron chi connectivity index (χ2n) is 15.5. The fourth-order valence-electron chi connectivity index (χ4n) is 8.02. The molecule has 40 nitrogen and oxygen atoms in total. The summed E-state index contributed by atoms with van der Waals surface area (Å²) in [7, 11) is -27.9. The van der Waals surface area contributed by atoms with E-state index in [1.54, 1.807) is 0 Å². The van der Waals surface area contributed by atoms with E-state index < -0.39 is 211 Å². The van der Waals surface area contributed by atoms with E-state index in [1.165, 1.54) is 0 Å². The predicted molar refractivity (Wildman–Crippen MR) is 226 cm³/mol. The molecule has 0 spiro atoms. The molecule has 46 heteroatoms. The van der Waals surface area contributed by atoms with E-state index in [0.717, 1.165) is 42.7 Å². The number of carboxylic acids is 1. The van der Waals surface area contributed by atoms with E-state index in [2.05, 4.69) is 25.1 Å². The second kappa shape index (κ2) is 26.8. The van der Waals surface area contributed by atoms with E-state index in [0.29, 0.717) is 0 Å². The van der Waals surface area contributed by atoms with Crippen LogP contribution in [0.5, 0.6) is 0 Å². The Labute approximate surface area is 431 Å². The fraction of sp³-hybridized carbons (Fsp3) is 0.967. The fourth-order valence-corrected chi connectivity index (χ4v) is 10.4. The Hall–Kier alpha value is -1.87. The summed E-state index contributed by atoms with van der Waals surface area (Å²) in [5, 5.41) is 21.5. The molecule has 0 bridgehead atoms. The van der Waals surface area contributed by atoms with Gasteiger partial charge >= 0.3 is 68.4 Å². The highest BCUT2D eigenvalue weighted by Crippen LogP contribution is 2.39. The molecule has 4 aliphatic heterocycles. The topological polar surface area (TPSA) is 559 Å². The molecule has 4 rings (SSSR count). The van der Waals surface area contributed by atoms with Gasteiger partial charge in [-0.2, -0.15) is 50.5 Å². The molecular formula is C30H52O40S6. The van der Waals surface area contributed by atoms with Crippen LogP contribution in [-0.2, 0) is 154 Å². The van der Waals surface area contributed by atoms with Crippen LogP contribution in [0, 0.1) is 0 Å². The summed E-state index contributed by atoms with van der Waals surface area (Å²) >= 11 is 0. The Balaban J connectivity index is 1.80. The van der Waals surface area contributed by atoms with Crippen molar-refractivity contribution in [1.82, 2.24) is 0 Å². The van der Waals surface area contributed by atoms with Gasteiger partial charge < -0.3 is 71.8 Å². The molecule has 76 heavy (non-hydrogen) atoms. The van der Waals surface area contributed by atoms with Crippen molar-refractivity contribution in [3.05, 3.63) is 0 Å². The smallest absolute Gasteiger partial charge is 0.397 e. The zero-order valence-electron chi connectivity index (χ0n) is 39.3. The van der Waals surface area contributed by atoms with Gasteiger partial charge in [0.05, 0.1) is 19.8 Å². The lowest BCUT2D eigenvalue weighted by atomic mass is 9.95. The van der Waals surface area contributed by atoms with E-state index >= 15 is 0 Å². The molecule has 4 heterocycles. The average Bonchev–Trinajstić information content (AvgIpc) is 3.27. The molecule has 0 radical (unpaired) electrons. The first-order valence-electron chi connectivity index (χ1n) is 20.4. The van der Waals surface area contributed by atoms with Crippen LogP contribution in [0.2, 0.25) is 0 Å². The third-order valence-corrected chi connectivity index (χ3v) is 13.5. The minimum atomic E-state index is -5.80. The highest BCUT2D eigenvalue weighted by atomic mass is 32.3.